The SMILES string of the molecule is Brc1cc(Cc2ccc(N(CC3CO3)CC3CO3)c(Br)c2)ccc1N(CC1CO1)CC1CO1. The lowest BCUT2D eigenvalue weighted by molar-refractivity contribution is 0.388. The van der Waals surface area contributed by atoms with Crippen LogP contribution in [0.3, 0.4) is 0 Å². The quantitative estimate of drug-likeness (QED) is 0.354. The van der Waals surface area contributed by atoms with E-state index in [1.807, 2.05) is 0 Å². The molecule has 0 spiro atoms. The van der Waals surface area contributed by atoms with E-state index in [-0.39, 0.29) is 0 Å². The molecular formula is C25H28Br2N2O4. The Bertz CT molecular complexity index is 898. The predicted octanol–water partition coefficient (Wildman–Crippen LogP) is 4.01. The van der Waals surface area contributed by atoms with Crippen LogP contribution in [0.2, 0.25) is 0 Å². The molecule has 4 unspecified atom stereocenters. The van der Waals surface area contributed by atoms with Crippen molar-refractivity contribution in [1.82, 2.24) is 0 Å². The topological polar surface area (TPSA) is 56.6 Å². The van der Waals surface area contributed by atoms with Gasteiger partial charge in [-0.1, -0.05) is 12.1 Å². The number of hydrogen-bond donors (Lipinski definition) is 0. The van der Waals surface area contributed by atoms with Crippen molar-refractivity contribution in [1.29, 1.82) is 0 Å². The van der Waals surface area contributed by atoms with Crippen LogP contribution in [-0.4, -0.2) is 77.0 Å². The minimum atomic E-state index is 0.351. The molecule has 0 saturated carbocycles. The number of rotatable bonds is 12. The summed E-state index contributed by atoms with van der Waals surface area (Å²) in [6, 6.07) is 13.4. The highest BCUT2D eigenvalue weighted by Crippen LogP contribution is 2.33. The largest absolute Gasteiger partial charge is 0.371 e. The monoisotopic (exact) mass is 578 g/mol. The molecule has 0 bridgehead atoms. The van der Waals surface area contributed by atoms with Gasteiger partial charge in [0.1, 0.15) is 0 Å². The van der Waals surface area contributed by atoms with E-state index in [1.54, 1.807) is 0 Å². The molecule has 0 amide bonds. The zero-order valence-electron chi connectivity index (χ0n) is 18.4. The number of epoxide rings is 4. The smallest absolute Gasteiger partial charge is 0.0984 e. The summed E-state index contributed by atoms with van der Waals surface area (Å²) in [6.07, 6.45) is 2.28. The number of halogens is 2. The third-order valence-corrected chi connectivity index (χ3v) is 7.69. The fraction of sp³-hybridized carbons (Fsp3) is 0.520. The molecule has 0 N–H and O–H groups in total. The molecule has 2 aromatic carbocycles. The van der Waals surface area contributed by atoms with E-state index in [0.29, 0.717) is 24.4 Å². The van der Waals surface area contributed by atoms with Crippen molar-refractivity contribution in [3.8, 4) is 0 Å². The van der Waals surface area contributed by atoms with Crippen LogP contribution in [0.25, 0.3) is 0 Å². The van der Waals surface area contributed by atoms with Crippen molar-refractivity contribution < 1.29 is 18.9 Å². The second-order valence-corrected chi connectivity index (χ2v) is 11.1. The van der Waals surface area contributed by atoms with Crippen LogP contribution >= 0.6 is 31.9 Å². The lowest BCUT2D eigenvalue weighted by atomic mass is 10.0. The van der Waals surface area contributed by atoms with Gasteiger partial charge in [0.15, 0.2) is 0 Å². The Labute approximate surface area is 211 Å². The maximum absolute atomic E-state index is 5.47. The zero-order chi connectivity index (χ0) is 22.4. The van der Waals surface area contributed by atoms with Gasteiger partial charge in [-0.05, 0) is 73.7 Å². The standard InChI is InChI=1S/C25H28Br2N2O4/c26-22-6-16(1-3-24(22)28(8-18-12-30-18)9-19-13-31-19)5-17-2-4-25(23(27)7-17)29(10-20-14-32-20)11-21-15-33-21/h1-4,6-7,18-21H,5,8-15H2. The number of anilines is 2. The first-order chi connectivity index (χ1) is 16.1. The summed E-state index contributed by atoms with van der Waals surface area (Å²) in [5.41, 5.74) is 4.98. The molecule has 4 heterocycles. The molecule has 4 aliphatic rings. The first-order valence-corrected chi connectivity index (χ1v) is 13.2. The summed E-state index contributed by atoms with van der Waals surface area (Å²) in [5, 5.41) is 0. The maximum Gasteiger partial charge on any atom is 0.0984 e. The second-order valence-electron chi connectivity index (χ2n) is 9.38. The summed E-state index contributed by atoms with van der Waals surface area (Å²) in [5.74, 6) is 0. The van der Waals surface area contributed by atoms with Crippen LogP contribution in [0.15, 0.2) is 45.3 Å². The highest BCUT2D eigenvalue weighted by Gasteiger charge is 2.32. The van der Waals surface area contributed by atoms with Gasteiger partial charge in [-0.2, -0.15) is 0 Å². The molecule has 4 atom stereocenters. The van der Waals surface area contributed by atoms with Crippen molar-refractivity contribution >= 4 is 43.2 Å². The Hall–Kier alpha value is -1.16. The maximum atomic E-state index is 5.47. The zero-order valence-corrected chi connectivity index (χ0v) is 21.6. The molecule has 0 aromatic heterocycles. The van der Waals surface area contributed by atoms with Crippen LogP contribution < -0.4 is 9.80 Å². The summed E-state index contributed by atoms with van der Waals surface area (Å²) in [4.78, 5) is 4.77. The van der Waals surface area contributed by atoms with Gasteiger partial charge < -0.3 is 28.7 Å². The number of hydrogen-bond acceptors (Lipinski definition) is 6. The second kappa shape index (κ2) is 9.47. The van der Waals surface area contributed by atoms with Crippen LogP contribution in [0.4, 0.5) is 11.4 Å². The number of benzene rings is 2. The normalized spacial score (nSPS) is 26.7. The van der Waals surface area contributed by atoms with E-state index in [1.165, 1.54) is 22.5 Å². The molecule has 6 rings (SSSR count). The van der Waals surface area contributed by atoms with Gasteiger partial charge in [0.05, 0.1) is 62.2 Å². The van der Waals surface area contributed by atoms with Gasteiger partial charge in [-0.15, -0.1) is 0 Å². The van der Waals surface area contributed by atoms with E-state index in [4.69, 9.17) is 18.9 Å². The average Bonchev–Trinajstić information content (AvgIpc) is 3.58. The lowest BCUT2D eigenvalue weighted by Crippen LogP contribution is -2.32. The molecule has 176 valence electrons. The Morgan fingerprint density at radius 1 is 0.606 bits per heavy atom. The first kappa shape index (κ1) is 22.3. The Kier molecular flexibility index (Phi) is 6.41. The Morgan fingerprint density at radius 2 is 0.939 bits per heavy atom. The van der Waals surface area contributed by atoms with Crippen molar-refractivity contribution in [2.75, 3.05) is 62.4 Å². The molecule has 4 fully saturated rings. The average molecular weight is 580 g/mol. The molecule has 6 nitrogen and oxygen atoms in total. The van der Waals surface area contributed by atoms with Crippen LogP contribution in [0.1, 0.15) is 11.1 Å². The van der Waals surface area contributed by atoms with Crippen LogP contribution in [0, 0.1) is 0 Å². The molecule has 4 aliphatic heterocycles. The number of nitrogens with zero attached hydrogens (tertiary/aromatic N) is 2. The van der Waals surface area contributed by atoms with E-state index in [2.05, 4.69) is 78.1 Å². The molecule has 8 heteroatoms. The third-order valence-electron chi connectivity index (χ3n) is 6.42. The summed E-state index contributed by atoms with van der Waals surface area (Å²) in [6.45, 7) is 7.12. The molecule has 33 heavy (non-hydrogen) atoms. The first-order valence-electron chi connectivity index (χ1n) is 11.6. The van der Waals surface area contributed by atoms with Crippen molar-refractivity contribution in [3.63, 3.8) is 0 Å². The summed E-state index contributed by atoms with van der Waals surface area (Å²) in [7, 11) is 0. The highest BCUT2D eigenvalue weighted by molar-refractivity contribution is 9.11. The van der Waals surface area contributed by atoms with Crippen molar-refractivity contribution in [2.45, 2.75) is 30.8 Å². The van der Waals surface area contributed by atoms with E-state index >= 15 is 0 Å². The van der Waals surface area contributed by atoms with E-state index in [0.717, 1.165) is 68.0 Å². The molecular weight excluding hydrogens is 552 g/mol. The van der Waals surface area contributed by atoms with Gasteiger partial charge in [-0.3, -0.25) is 0 Å². The highest BCUT2D eigenvalue weighted by atomic mass is 79.9. The van der Waals surface area contributed by atoms with Gasteiger partial charge in [0.2, 0.25) is 0 Å². The van der Waals surface area contributed by atoms with E-state index < -0.39 is 0 Å². The van der Waals surface area contributed by atoms with Gasteiger partial charge in [0, 0.05) is 35.1 Å². The minimum absolute atomic E-state index is 0.351. The van der Waals surface area contributed by atoms with Gasteiger partial charge >= 0.3 is 0 Å². The van der Waals surface area contributed by atoms with Crippen molar-refractivity contribution in [3.05, 3.63) is 56.5 Å². The fourth-order valence-electron chi connectivity index (χ4n) is 4.29. The predicted molar refractivity (Wildman–Crippen MR) is 134 cm³/mol. The van der Waals surface area contributed by atoms with E-state index in [9.17, 15) is 0 Å². The van der Waals surface area contributed by atoms with Gasteiger partial charge in [-0.25, -0.2) is 0 Å². The Morgan fingerprint density at radius 3 is 1.21 bits per heavy atom. The van der Waals surface area contributed by atoms with Crippen LogP contribution in [0.5, 0.6) is 0 Å². The van der Waals surface area contributed by atoms with Gasteiger partial charge in [0.25, 0.3) is 0 Å². The molecule has 2 aromatic rings. The van der Waals surface area contributed by atoms with Crippen molar-refractivity contribution in [2.24, 2.45) is 0 Å². The summed E-state index contributed by atoms with van der Waals surface area (Å²) >= 11 is 7.64. The fourth-order valence-corrected chi connectivity index (χ4v) is 5.64. The molecule has 0 radical (unpaired) electrons. The summed E-state index contributed by atoms with van der Waals surface area (Å²) < 4.78 is 24.1. The Balaban J connectivity index is 1.15. The lowest BCUT2D eigenvalue weighted by Gasteiger charge is -2.25. The third kappa shape index (κ3) is 6.10. The molecule has 0 aliphatic carbocycles. The minimum Gasteiger partial charge on any atom is -0.371 e. The molecule has 4 saturated heterocycles. The van der Waals surface area contributed by atoms with Crippen LogP contribution in [-0.2, 0) is 25.4 Å². The number of ether oxygens (including phenoxy) is 4.